The number of nitrogens with zero attached hydrogens (tertiary/aromatic N) is 2. The molecule has 2 rings (SSSR count). The summed E-state index contributed by atoms with van der Waals surface area (Å²) < 4.78 is 0. The topological polar surface area (TPSA) is 43.8 Å². The van der Waals surface area contributed by atoms with Crippen LogP contribution in [0.3, 0.4) is 0 Å². The molecule has 56 valence electrons. The van der Waals surface area contributed by atoms with Crippen LogP contribution in [0.4, 0.5) is 0 Å². The minimum absolute atomic E-state index is 0.977. The quantitative estimate of drug-likeness (QED) is 0.566. The average molecular weight is 147 g/mol. The molecule has 0 saturated carbocycles. The van der Waals surface area contributed by atoms with Gasteiger partial charge in [0.1, 0.15) is 0 Å². The number of nitrogen functional groups attached to an aromatic ring is 1. The molecule has 0 aliphatic rings. The third-order valence-electron chi connectivity index (χ3n) is 1.86. The van der Waals surface area contributed by atoms with Gasteiger partial charge < -0.3 is 5.84 Å². The second-order valence-corrected chi connectivity index (χ2v) is 2.60. The van der Waals surface area contributed by atoms with Crippen LogP contribution in [-0.2, 0) is 0 Å². The maximum Gasteiger partial charge on any atom is 0.0918 e. The van der Waals surface area contributed by atoms with Crippen molar-refractivity contribution in [1.29, 1.82) is 0 Å². The lowest BCUT2D eigenvalue weighted by atomic mass is 10.1. The number of fused-ring (bicyclic) bond motifs is 1. The molecular weight excluding hydrogens is 138 g/mol. The molecule has 2 N–H and O–H groups in total. The van der Waals surface area contributed by atoms with E-state index in [9.17, 15) is 0 Å². The van der Waals surface area contributed by atoms with E-state index in [1.807, 2.05) is 25.1 Å². The number of benzene rings is 1. The van der Waals surface area contributed by atoms with Crippen molar-refractivity contribution in [2.24, 2.45) is 0 Å². The van der Waals surface area contributed by atoms with Crippen molar-refractivity contribution in [3.05, 3.63) is 30.0 Å². The van der Waals surface area contributed by atoms with Crippen LogP contribution in [0, 0.1) is 6.92 Å². The van der Waals surface area contributed by atoms with Gasteiger partial charge in [-0.1, -0.05) is 12.1 Å². The summed E-state index contributed by atoms with van der Waals surface area (Å²) in [5.74, 6) is 5.55. The predicted molar refractivity (Wildman–Crippen MR) is 44.6 cm³/mol. The first kappa shape index (κ1) is 6.22. The van der Waals surface area contributed by atoms with Gasteiger partial charge in [0.2, 0.25) is 0 Å². The van der Waals surface area contributed by atoms with Gasteiger partial charge in [-0.05, 0) is 18.6 Å². The van der Waals surface area contributed by atoms with E-state index in [2.05, 4.69) is 5.10 Å². The highest BCUT2D eigenvalue weighted by atomic mass is 15.5. The molecule has 0 radical (unpaired) electrons. The molecule has 3 heteroatoms. The zero-order valence-corrected chi connectivity index (χ0v) is 6.28. The highest BCUT2D eigenvalue weighted by Crippen LogP contribution is 2.15. The van der Waals surface area contributed by atoms with E-state index in [1.54, 1.807) is 6.20 Å². The molecule has 1 heterocycles. The van der Waals surface area contributed by atoms with Gasteiger partial charge in [-0.2, -0.15) is 9.89 Å². The summed E-state index contributed by atoms with van der Waals surface area (Å²) >= 11 is 0. The van der Waals surface area contributed by atoms with Crippen molar-refractivity contribution in [3.63, 3.8) is 0 Å². The molecule has 0 aliphatic carbocycles. The minimum atomic E-state index is 0.977. The van der Waals surface area contributed by atoms with Gasteiger partial charge in [-0.3, -0.25) is 0 Å². The summed E-state index contributed by atoms with van der Waals surface area (Å²) in [6.07, 6.45) is 1.78. The molecule has 11 heavy (non-hydrogen) atoms. The van der Waals surface area contributed by atoms with E-state index in [0.717, 1.165) is 10.9 Å². The first-order valence-electron chi connectivity index (χ1n) is 3.47. The van der Waals surface area contributed by atoms with E-state index in [0.29, 0.717) is 0 Å². The molecule has 0 bridgehead atoms. The van der Waals surface area contributed by atoms with Crippen LogP contribution in [0.5, 0.6) is 0 Å². The summed E-state index contributed by atoms with van der Waals surface area (Å²) in [6.45, 7) is 2.05. The van der Waals surface area contributed by atoms with Crippen molar-refractivity contribution >= 4 is 10.9 Å². The van der Waals surface area contributed by atoms with Gasteiger partial charge in [0.15, 0.2) is 0 Å². The number of nitrogens with two attached hydrogens (primary N) is 1. The van der Waals surface area contributed by atoms with E-state index < -0.39 is 0 Å². The second-order valence-electron chi connectivity index (χ2n) is 2.60. The molecule has 1 aromatic carbocycles. The van der Waals surface area contributed by atoms with E-state index in [4.69, 9.17) is 5.84 Å². The van der Waals surface area contributed by atoms with E-state index in [-0.39, 0.29) is 0 Å². The molecule has 2 aromatic rings. The summed E-state index contributed by atoms with van der Waals surface area (Å²) in [5.41, 5.74) is 2.18. The number of hydrogen-bond acceptors (Lipinski definition) is 2. The van der Waals surface area contributed by atoms with Crippen LogP contribution in [-0.4, -0.2) is 9.89 Å². The van der Waals surface area contributed by atoms with Gasteiger partial charge >= 0.3 is 0 Å². The SMILES string of the molecule is Cc1cccc2c1cnn2N. The first-order chi connectivity index (χ1) is 5.29. The number of aromatic nitrogens is 2. The highest BCUT2D eigenvalue weighted by Gasteiger charge is 1.99. The van der Waals surface area contributed by atoms with Crippen molar-refractivity contribution in [3.8, 4) is 0 Å². The Kier molecular flexibility index (Phi) is 1.12. The highest BCUT2D eigenvalue weighted by molar-refractivity contribution is 5.81. The fraction of sp³-hybridized carbons (Fsp3) is 0.125. The molecule has 0 atom stereocenters. The number of rotatable bonds is 0. The normalized spacial score (nSPS) is 10.6. The first-order valence-corrected chi connectivity index (χ1v) is 3.47. The van der Waals surface area contributed by atoms with Gasteiger partial charge in [-0.15, -0.1) is 0 Å². The van der Waals surface area contributed by atoms with Crippen LogP contribution in [0.15, 0.2) is 24.4 Å². The Morgan fingerprint density at radius 1 is 1.45 bits per heavy atom. The minimum Gasteiger partial charge on any atom is -0.323 e. The van der Waals surface area contributed by atoms with Gasteiger partial charge in [0, 0.05) is 5.39 Å². The molecule has 0 fully saturated rings. The lowest BCUT2D eigenvalue weighted by molar-refractivity contribution is 0.863. The Morgan fingerprint density at radius 3 is 3.00 bits per heavy atom. The lowest BCUT2D eigenvalue weighted by Gasteiger charge is -1.94. The van der Waals surface area contributed by atoms with E-state index in [1.165, 1.54) is 10.4 Å². The Balaban J connectivity index is 2.94. The summed E-state index contributed by atoms with van der Waals surface area (Å²) in [7, 11) is 0. The Bertz CT molecular complexity index is 389. The Labute approximate surface area is 64.4 Å². The van der Waals surface area contributed by atoms with E-state index >= 15 is 0 Å². The molecule has 0 unspecified atom stereocenters. The Morgan fingerprint density at radius 2 is 2.27 bits per heavy atom. The van der Waals surface area contributed by atoms with Crippen LogP contribution >= 0.6 is 0 Å². The maximum absolute atomic E-state index is 5.55. The zero-order valence-electron chi connectivity index (χ0n) is 6.28. The second kappa shape index (κ2) is 1.99. The largest absolute Gasteiger partial charge is 0.323 e. The third kappa shape index (κ3) is 0.774. The fourth-order valence-electron chi connectivity index (χ4n) is 1.22. The average Bonchev–Trinajstić information content (AvgIpc) is 2.35. The van der Waals surface area contributed by atoms with Crippen LogP contribution in [0.1, 0.15) is 5.56 Å². The lowest BCUT2D eigenvalue weighted by Crippen LogP contribution is -2.08. The van der Waals surface area contributed by atoms with Gasteiger partial charge in [0.25, 0.3) is 0 Å². The summed E-state index contributed by atoms with van der Waals surface area (Å²) in [5, 5.41) is 5.07. The van der Waals surface area contributed by atoms with Crippen LogP contribution < -0.4 is 5.84 Å². The smallest absolute Gasteiger partial charge is 0.0918 e. The van der Waals surface area contributed by atoms with Gasteiger partial charge in [-0.25, -0.2) is 0 Å². The number of hydrogen-bond donors (Lipinski definition) is 1. The molecule has 0 aliphatic heterocycles. The van der Waals surface area contributed by atoms with Crippen molar-refractivity contribution in [2.45, 2.75) is 6.92 Å². The van der Waals surface area contributed by atoms with Crippen molar-refractivity contribution < 1.29 is 0 Å². The number of aryl methyl sites for hydroxylation is 1. The molecule has 0 spiro atoms. The van der Waals surface area contributed by atoms with Crippen LogP contribution in [0.25, 0.3) is 10.9 Å². The fourth-order valence-corrected chi connectivity index (χ4v) is 1.22. The predicted octanol–water partition coefficient (Wildman–Crippen LogP) is 1.06. The monoisotopic (exact) mass is 147 g/mol. The summed E-state index contributed by atoms with van der Waals surface area (Å²) in [6, 6.07) is 5.97. The standard InChI is InChI=1S/C8H9N3/c1-6-3-2-4-8-7(6)5-10-11(8)9/h2-5H,9H2,1H3. The van der Waals surface area contributed by atoms with Crippen LogP contribution in [0.2, 0.25) is 0 Å². The summed E-state index contributed by atoms with van der Waals surface area (Å²) in [4.78, 5) is 1.39. The van der Waals surface area contributed by atoms with Gasteiger partial charge in [0.05, 0.1) is 11.7 Å². The molecule has 3 nitrogen and oxygen atoms in total. The van der Waals surface area contributed by atoms with Crippen molar-refractivity contribution in [2.75, 3.05) is 5.84 Å². The maximum atomic E-state index is 5.55. The van der Waals surface area contributed by atoms with Crippen molar-refractivity contribution in [1.82, 2.24) is 9.89 Å². The Hall–Kier alpha value is -1.51. The molecule has 0 amide bonds. The molecular formula is C8H9N3. The molecule has 0 saturated heterocycles. The third-order valence-corrected chi connectivity index (χ3v) is 1.86. The zero-order chi connectivity index (χ0) is 7.84. The molecule has 1 aromatic heterocycles.